The van der Waals surface area contributed by atoms with Crippen LogP contribution < -0.4 is 29.6 Å². The van der Waals surface area contributed by atoms with Gasteiger partial charge in [0, 0.05) is 6.92 Å². The van der Waals surface area contributed by atoms with Crippen LogP contribution in [0.1, 0.15) is 41.5 Å². The Morgan fingerprint density at radius 1 is 1.64 bits per heavy atom. The van der Waals surface area contributed by atoms with Crippen molar-refractivity contribution in [1.82, 2.24) is 0 Å². The average Bonchev–Trinajstić information content (AvgIpc) is 1.82. The van der Waals surface area contributed by atoms with E-state index in [9.17, 15) is 4.79 Å². The molecule has 0 aromatic heterocycles. The van der Waals surface area contributed by atoms with Gasteiger partial charge < -0.3 is 6.16 Å². The Morgan fingerprint density at radius 3 is 2.55 bits per heavy atom. The molecule has 0 aliphatic rings. The SMILES string of the molecule is CCCCC(C)OC(C)=O.[H-].[Na+]. The van der Waals surface area contributed by atoms with E-state index < -0.39 is 0 Å². The van der Waals surface area contributed by atoms with E-state index in [-0.39, 0.29) is 43.1 Å². The zero-order chi connectivity index (χ0) is 7.98. The predicted octanol–water partition coefficient (Wildman–Crippen LogP) is -0.755. The van der Waals surface area contributed by atoms with Gasteiger partial charge in [0.2, 0.25) is 0 Å². The molecule has 0 fully saturated rings. The zero-order valence-electron chi connectivity index (χ0n) is 9.02. The third kappa shape index (κ3) is 10.5. The Kier molecular flexibility index (Phi) is 10.9. The van der Waals surface area contributed by atoms with Crippen LogP contribution in [0.4, 0.5) is 0 Å². The van der Waals surface area contributed by atoms with Gasteiger partial charge in [-0.05, 0) is 13.3 Å². The van der Waals surface area contributed by atoms with E-state index in [0.29, 0.717) is 0 Å². The molecule has 3 heteroatoms. The number of esters is 1. The van der Waals surface area contributed by atoms with Gasteiger partial charge in [0.15, 0.2) is 0 Å². The largest absolute Gasteiger partial charge is 1.00 e. The quantitative estimate of drug-likeness (QED) is 0.407. The molecule has 0 saturated heterocycles. The number of carbonyl (C=O) groups excluding carboxylic acids is 1. The minimum Gasteiger partial charge on any atom is -1.00 e. The van der Waals surface area contributed by atoms with E-state index >= 15 is 0 Å². The summed E-state index contributed by atoms with van der Waals surface area (Å²) in [6.45, 7) is 5.50. The minimum atomic E-state index is -0.177. The summed E-state index contributed by atoms with van der Waals surface area (Å²) in [7, 11) is 0. The normalized spacial score (nSPS) is 11.5. The van der Waals surface area contributed by atoms with Crippen LogP contribution in [-0.2, 0) is 9.53 Å². The van der Waals surface area contributed by atoms with E-state index in [2.05, 4.69) is 6.92 Å². The molecule has 0 N–H and O–H groups in total. The molecule has 0 rings (SSSR count). The molecule has 0 aliphatic heterocycles. The van der Waals surface area contributed by atoms with Gasteiger partial charge in [0.25, 0.3) is 0 Å². The van der Waals surface area contributed by atoms with Gasteiger partial charge in [-0.15, -0.1) is 0 Å². The van der Waals surface area contributed by atoms with Gasteiger partial charge in [0.1, 0.15) is 0 Å². The third-order valence-electron chi connectivity index (χ3n) is 1.33. The Morgan fingerprint density at radius 2 is 2.18 bits per heavy atom. The van der Waals surface area contributed by atoms with Crippen molar-refractivity contribution in [3.63, 3.8) is 0 Å². The Labute approximate surface area is 92.5 Å². The zero-order valence-corrected chi connectivity index (χ0v) is 10.0. The summed E-state index contributed by atoms with van der Waals surface area (Å²) in [6, 6.07) is 0. The molecule has 0 saturated carbocycles. The first-order valence-corrected chi connectivity index (χ1v) is 3.84. The second-order valence-electron chi connectivity index (χ2n) is 2.56. The number of unbranched alkanes of at least 4 members (excludes halogenated alkanes) is 1. The van der Waals surface area contributed by atoms with Gasteiger partial charge in [-0.3, -0.25) is 4.79 Å². The van der Waals surface area contributed by atoms with Crippen LogP contribution >= 0.6 is 0 Å². The maximum atomic E-state index is 10.4. The van der Waals surface area contributed by atoms with Crippen molar-refractivity contribution < 1.29 is 40.5 Å². The summed E-state index contributed by atoms with van der Waals surface area (Å²) in [5, 5.41) is 0. The molecule has 0 aliphatic carbocycles. The van der Waals surface area contributed by atoms with Crippen LogP contribution in [0.15, 0.2) is 0 Å². The van der Waals surface area contributed by atoms with Gasteiger partial charge >= 0.3 is 35.5 Å². The van der Waals surface area contributed by atoms with Gasteiger partial charge in [-0.1, -0.05) is 19.8 Å². The van der Waals surface area contributed by atoms with Crippen LogP contribution in [0.25, 0.3) is 0 Å². The van der Waals surface area contributed by atoms with Crippen molar-refractivity contribution in [1.29, 1.82) is 0 Å². The molecule has 0 bridgehead atoms. The molecule has 11 heavy (non-hydrogen) atoms. The fraction of sp³-hybridized carbons (Fsp3) is 0.875. The maximum absolute atomic E-state index is 10.4. The molecule has 1 atom stereocenters. The fourth-order valence-corrected chi connectivity index (χ4v) is 0.834. The first-order valence-electron chi connectivity index (χ1n) is 3.84. The Bertz CT molecular complexity index is 109. The van der Waals surface area contributed by atoms with E-state index in [1.807, 2.05) is 6.92 Å². The van der Waals surface area contributed by atoms with Crippen molar-refractivity contribution in [3.8, 4) is 0 Å². The van der Waals surface area contributed by atoms with Crippen LogP contribution in [0.3, 0.4) is 0 Å². The summed E-state index contributed by atoms with van der Waals surface area (Å²) in [5.41, 5.74) is 0. The van der Waals surface area contributed by atoms with Gasteiger partial charge in [-0.2, -0.15) is 0 Å². The van der Waals surface area contributed by atoms with Crippen molar-refractivity contribution in [3.05, 3.63) is 0 Å². The molecule has 1 unspecified atom stereocenters. The topological polar surface area (TPSA) is 26.3 Å². The first kappa shape index (κ1) is 14.0. The smallest absolute Gasteiger partial charge is 1.00 e. The monoisotopic (exact) mass is 168 g/mol. The Hall–Kier alpha value is 0.470. The van der Waals surface area contributed by atoms with Crippen molar-refractivity contribution in [2.45, 2.75) is 46.1 Å². The number of ether oxygens (including phenoxy) is 1. The molecule has 0 aromatic carbocycles. The summed E-state index contributed by atoms with van der Waals surface area (Å²) in [4.78, 5) is 10.4. The number of hydrogen-bond acceptors (Lipinski definition) is 2. The molecule has 0 spiro atoms. The molecular weight excluding hydrogens is 151 g/mol. The number of carbonyl (C=O) groups is 1. The van der Waals surface area contributed by atoms with Crippen LogP contribution in [0.2, 0.25) is 0 Å². The van der Waals surface area contributed by atoms with Crippen LogP contribution in [0.5, 0.6) is 0 Å². The maximum Gasteiger partial charge on any atom is 1.00 e. The van der Waals surface area contributed by atoms with Crippen molar-refractivity contribution in [2.24, 2.45) is 0 Å². The second kappa shape index (κ2) is 8.57. The van der Waals surface area contributed by atoms with Crippen molar-refractivity contribution in [2.75, 3.05) is 0 Å². The minimum absolute atomic E-state index is 0. The molecule has 0 radical (unpaired) electrons. The van der Waals surface area contributed by atoms with Crippen LogP contribution in [-0.4, -0.2) is 12.1 Å². The van der Waals surface area contributed by atoms with Gasteiger partial charge in [-0.25, -0.2) is 0 Å². The van der Waals surface area contributed by atoms with Crippen LogP contribution in [0, 0.1) is 0 Å². The summed E-state index contributed by atoms with van der Waals surface area (Å²) in [6.07, 6.45) is 3.37. The Balaban J connectivity index is -0.000000405. The van der Waals surface area contributed by atoms with Gasteiger partial charge in [0.05, 0.1) is 6.10 Å². The standard InChI is InChI=1S/C8H16O2.Na.H/c1-4-5-6-7(2)10-8(3)9;;/h7H,4-6H2,1-3H3;;/q;+1;-1. The van der Waals surface area contributed by atoms with E-state index in [1.165, 1.54) is 6.92 Å². The molecule has 0 heterocycles. The number of hydrogen-bond donors (Lipinski definition) is 0. The number of rotatable bonds is 4. The molecule has 0 aromatic rings. The summed E-state index contributed by atoms with van der Waals surface area (Å²) >= 11 is 0. The first-order chi connectivity index (χ1) is 4.66. The predicted molar refractivity (Wildman–Crippen MR) is 41.9 cm³/mol. The fourth-order valence-electron chi connectivity index (χ4n) is 0.834. The molecule has 62 valence electrons. The van der Waals surface area contributed by atoms with E-state index in [0.717, 1.165) is 19.3 Å². The third-order valence-corrected chi connectivity index (χ3v) is 1.33. The molecule has 2 nitrogen and oxygen atoms in total. The summed E-state index contributed by atoms with van der Waals surface area (Å²) in [5.74, 6) is -0.177. The van der Waals surface area contributed by atoms with E-state index in [1.54, 1.807) is 0 Å². The molecule has 0 amide bonds. The molecular formula is C8H17NaO2. The van der Waals surface area contributed by atoms with E-state index in [4.69, 9.17) is 4.74 Å². The van der Waals surface area contributed by atoms with Crippen molar-refractivity contribution >= 4 is 5.97 Å². The average molecular weight is 168 g/mol. The summed E-state index contributed by atoms with van der Waals surface area (Å²) < 4.78 is 4.91. The second-order valence-corrected chi connectivity index (χ2v) is 2.56.